The molecule has 228 valence electrons. The zero-order valence-corrected chi connectivity index (χ0v) is 27.4. The number of fused-ring (bicyclic) bond motifs is 1. The van der Waals surface area contributed by atoms with Crippen molar-refractivity contribution in [3.63, 3.8) is 0 Å². The van der Waals surface area contributed by atoms with Gasteiger partial charge < -0.3 is 20.5 Å². The minimum absolute atomic E-state index is 0.0385. The number of piperazine rings is 1. The molecule has 3 rings (SSSR count). The van der Waals surface area contributed by atoms with Crippen LogP contribution in [0.25, 0.3) is 10.8 Å². The molecule has 0 radical (unpaired) electrons. The van der Waals surface area contributed by atoms with Crippen molar-refractivity contribution < 1.29 is 4.21 Å². The van der Waals surface area contributed by atoms with Gasteiger partial charge in [-0.05, 0) is 77.6 Å². The SMILES string of the molecule is C#C.C/C=C\C(=C(/C)NCC)S(C)=O.C/C=N/N=C(\C(C)=N)N1CCN(c2cc3c(C)cc(C)cc3c(=O)n2C)CC1. The molecule has 1 aliphatic rings. The molecule has 1 aromatic carbocycles. The van der Waals surface area contributed by atoms with Gasteiger partial charge in [0.05, 0.1) is 21.4 Å². The molecule has 1 aliphatic heterocycles. The molecule has 2 N–H and O–H groups in total. The molecule has 9 nitrogen and oxygen atoms in total. The Morgan fingerprint density at radius 3 is 2.21 bits per heavy atom. The van der Waals surface area contributed by atoms with E-state index in [1.807, 2.05) is 59.9 Å². The third kappa shape index (κ3) is 9.55. The first-order chi connectivity index (χ1) is 20.0. The van der Waals surface area contributed by atoms with Crippen molar-refractivity contribution >= 4 is 45.2 Å². The van der Waals surface area contributed by atoms with Crippen molar-refractivity contribution in [3.8, 4) is 12.8 Å². The van der Waals surface area contributed by atoms with Gasteiger partial charge in [0.1, 0.15) is 5.82 Å². The maximum atomic E-state index is 12.9. The van der Waals surface area contributed by atoms with E-state index in [1.165, 1.54) is 0 Å². The van der Waals surface area contributed by atoms with Gasteiger partial charge in [-0.2, -0.15) is 5.10 Å². The van der Waals surface area contributed by atoms with Crippen LogP contribution in [0.4, 0.5) is 5.82 Å². The molecule has 10 heteroatoms. The number of rotatable bonds is 7. The van der Waals surface area contributed by atoms with Crippen LogP contribution in [0.15, 0.2) is 56.0 Å². The number of nitrogens with zero attached hydrogens (tertiary/aromatic N) is 5. The van der Waals surface area contributed by atoms with Gasteiger partial charge in [0.25, 0.3) is 5.56 Å². The van der Waals surface area contributed by atoms with E-state index in [9.17, 15) is 9.00 Å². The molecule has 1 saturated heterocycles. The van der Waals surface area contributed by atoms with Gasteiger partial charge >= 0.3 is 0 Å². The first-order valence-corrected chi connectivity index (χ1v) is 15.5. The van der Waals surface area contributed by atoms with E-state index in [2.05, 4.69) is 57.2 Å². The topological polar surface area (TPSA) is 106 Å². The molecule has 42 heavy (non-hydrogen) atoms. The number of benzene rings is 1. The van der Waals surface area contributed by atoms with Crippen molar-refractivity contribution in [3.05, 3.63) is 62.4 Å². The fourth-order valence-corrected chi connectivity index (χ4v) is 5.57. The summed E-state index contributed by atoms with van der Waals surface area (Å²) in [6, 6.07) is 6.21. The average Bonchev–Trinajstić information content (AvgIpc) is 2.95. The van der Waals surface area contributed by atoms with Crippen molar-refractivity contribution in [2.45, 2.75) is 48.5 Å². The highest BCUT2D eigenvalue weighted by atomic mass is 32.2. The summed E-state index contributed by atoms with van der Waals surface area (Å²) in [5.41, 5.74) is 3.67. The summed E-state index contributed by atoms with van der Waals surface area (Å²) in [4.78, 5) is 18.1. The minimum Gasteiger partial charge on any atom is -0.388 e. The summed E-state index contributed by atoms with van der Waals surface area (Å²) in [6.07, 6.45) is 15.1. The molecule has 1 aromatic heterocycles. The molecule has 0 spiro atoms. The van der Waals surface area contributed by atoms with Crippen molar-refractivity contribution in [1.29, 1.82) is 5.41 Å². The molecule has 0 aliphatic carbocycles. The number of amidine groups is 1. The second-order valence-corrected chi connectivity index (χ2v) is 11.1. The summed E-state index contributed by atoms with van der Waals surface area (Å²) >= 11 is 0. The van der Waals surface area contributed by atoms with Crippen LogP contribution in [0.5, 0.6) is 0 Å². The standard InChI is InChI=1S/C21H28N6O.C9H17NOS.C2H2/c1-6-23-24-20(16(4)22)27-9-7-26(8-10-27)19-13-17-15(3)11-14(2)12-18(17)21(28)25(19)5;1-5-7-9(12(4)11)8(3)10-6-2;1-2/h6,11-13,22H,7-10H2,1-5H3;5,7,10H,6H2,1-4H3;1-2H/b22-16?,23-6+,24-20+;7-5-,9-8-;. The maximum absolute atomic E-state index is 12.9. The molecule has 0 saturated carbocycles. The molecular formula is C32H47N7O2S. The van der Waals surface area contributed by atoms with Gasteiger partial charge in [0.15, 0.2) is 5.84 Å². The Kier molecular flexibility index (Phi) is 15.2. The van der Waals surface area contributed by atoms with Crippen molar-refractivity contribution in [2.75, 3.05) is 43.9 Å². The van der Waals surface area contributed by atoms with Crippen LogP contribution in [0.3, 0.4) is 0 Å². The third-order valence-electron chi connectivity index (χ3n) is 6.63. The van der Waals surface area contributed by atoms with E-state index in [0.717, 1.165) is 71.0 Å². The number of hydrogen-bond acceptors (Lipinski definition) is 7. The second-order valence-electron chi connectivity index (χ2n) is 9.78. The Morgan fingerprint density at radius 2 is 1.71 bits per heavy atom. The molecular weight excluding hydrogens is 546 g/mol. The number of anilines is 1. The first-order valence-electron chi connectivity index (χ1n) is 13.9. The van der Waals surface area contributed by atoms with Crippen molar-refractivity contribution in [1.82, 2.24) is 14.8 Å². The Labute approximate surface area is 254 Å². The lowest BCUT2D eigenvalue weighted by Gasteiger charge is -2.37. The fraction of sp³-hybridized carbons (Fsp3) is 0.438. The summed E-state index contributed by atoms with van der Waals surface area (Å²) in [7, 11) is 0.935. The average molecular weight is 594 g/mol. The predicted octanol–water partition coefficient (Wildman–Crippen LogP) is 4.75. The zero-order valence-electron chi connectivity index (χ0n) is 26.6. The van der Waals surface area contributed by atoms with E-state index in [-0.39, 0.29) is 5.56 Å². The van der Waals surface area contributed by atoms with Crippen LogP contribution in [-0.4, -0.2) is 70.4 Å². The van der Waals surface area contributed by atoms with E-state index in [0.29, 0.717) is 11.5 Å². The summed E-state index contributed by atoms with van der Waals surface area (Å²) in [6.45, 7) is 17.3. The minimum atomic E-state index is -0.904. The highest BCUT2D eigenvalue weighted by Gasteiger charge is 2.23. The first kappa shape index (κ1) is 36.1. The fourth-order valence-electron chi connectivity index (χ4n) is 4.74. The second kappa shape index (κ2) is 17.8. The van der Waals surface area contributed by atoms with Crippen LogP contribution in [-0.2, 0) is 17.8 Å². The highest BCUT2D eigenvalue weighted by Crippen LogP contribution is 2.24. The predicted molar refractivity (Wildman–Crippen MR) is 183 cm³/mol. The Morgan fingerprint density at radius 1 is 1.10 bits per heavy atom. The Hall–Kier alpha value is -3.97. The number of aryl methyl sites for hydroxylation is 2. The lowest BCUT2D eigenvalue weighted by Crippen LogP contribution is -2.51. The maximum Gasteiger partial charge on any atom is 0.259 e. The number of pyridine rings is 1. The lowest BCUT2D eigenvalue weighted by molar-refractivity contribution is 0.385. The lowest BCUT2D eigenvalue weighted by atomic mass is 10.0. The van der Waals surface area contributed by atoms with Gasteiger partial charge in [0, 0.05) is 63.3 Å². The van der Waals surface area contributed by atoms with E-state index >= 15 is 0 Å². The van der Waals surface area contributed by atoms with Gasteiger partial charge in [-0.1, -0.05) is 17.7 Å². The van der Waals surface area contributed by atoms with E-state index in [1.54, 1.807) is 24.0 Å². The number of allylic oxidation sites excluding steroid dienone is 3. The normalized spacial score (nSPS) is 15.1. The number of hydrogen-bond donors (Lipinski definition) is 2. The molecule has 1 fully saturated rings. The molecule has 0 bridgehead atoms. The third-order valence-corrected chi connectivity index (χ3v) is 7.69. The largest absolute Gasteiger partial charge is 0.388 e. The Balaban J connectivity index is 0.000000532. The molecule has 0 amide bonds. The highest BCUT2D eigenvalue weighted by molar-refractivity contribution is 7.88. The van der Waals surface area contributed by atoms with Gasteiger partial charge in [-0.3, -0.25) is 13.6 Å². The molecule has 1 unspecified atom stereocenters. The van der Waals surface area contributed by atoms with Crippen LogP contribution in [0.1, 0.15) is 45.7 Å². The van der Waals surface area contributed by atoms with Gasteiger partial charge in [0.2, 0.25) is 0 Å². The summed E-state index contributed by atoms with van der Waals surface area (Å²) in [5, 5.41) is 21.0. The smallest absolute Gasteiger partial charge is 0.259 e. The number of terminal acetylenes is 1. The zero-order chi connectivity index (χ0) is 32.0. The monoisotopic (exact) mass is 593 g/mol. The van der Waals surface area contributed by atoms with Crippen LogP contribution in [0.2, 0.25) is 0 Å². The Bertz CT molecular complexity index is 1460. The number of nitrogens with one attached hydrogen (secondary N) is 2. The van der Waals surface area contributed by atoms with Crippen molar-refractivity contribution in [2.24, 2.45) is 17.3 Å². The summed E-state index contributed by atoms with van der Waals surface area (Å²) < 4.78 is 13.0. The van der Waals surface area contributed by atoms with Crippen LogP contribution in [0, 0.1) is 32.1 Å². The molecule has 2 heterocycles. The van der Waals surface area contributed by atoms with E-state index < -0.39 is 10.8 Å². The summed E-state index contributed by atoms with van der Waals surface area (Å²) in [5.74, 6) is 1.54. The molecule has 1 atom stereocenters. The quantitative estimate of drug-likeness (QED) is 0.158. The van der Waals surface area contributed by atoms with Gasteiger partial charge in [-0.15, -0.1) is 17.9 Å². The van der Waals surface area contributed by atoms with E-state index in [4.69, 9.17) is 5.41 Å². The number of aromatic nitrogens is 1. The molecule has 2 aromatic rings. The van der Waals surface area contributed by atoms with Crippen LogP contribution >= 0.6 is 0 Å². The van der Waals surface area contributed by atoms with Gasteiger partial charge in [-0.25, -0.2) is 0 Å². The van der Waals surface area contributed by atoms with Crippen LogP contribution < -0.4 is 15.8 Å².